The fourth-order valence-corrected chi connectivity index (χ4v) is 4.71. The predicted octanol–water partition coefficient (Wildman–Crippen LogP) is 6.63. The number of benzene rings is 3. The summed E-state index contributed by atoms with van der Waals surface area (Å²) in [6.07, 6.45) is 3.67. The van der Waals surface area contributed by atoms with Crippen LogP contribution in [-0.4, -0.2) is 14.5 Å². The van der Waals surface area contributed by atoms with Gasteiger partial charge in [-0.1, -0.05) is 48.5 Å². The summed E-state index contributed by atoms with van der Waals surface area (Å²) in [7, 11) is 0. The minimum absolute atomic E-state index is 0.819. The molecule has 0 spiro atoms. The zero-order valence-electron chi connectivity index (χ0n) is 15.9. The maximum atomic E-state index is 6.36. The minimum atomic E-state index is 0.819. The molecule has 30 heavy (non-hydrogen) atoms. The Morgan fingerprint density at radius 3 is 2.30 bits per heavy atom. The Hall–Kier alpha value is -4.18. The first-order valence-electron chi connectivity index (χ1n) is 9.94. The number of furan rings is 1. The molecular weight excluding hydrogens is 370 g/mol. The van der Waals surface area contributed by atoms with E-state index in [-0.39, 0.29) is 0 Å². The summed E-state index contributed by atoms with van der Waals surface area (Å²) in [5, 5.41) is 5.62. The van der Waals surface area contributed by atoms with Crippen LogP contribution in [-0.2, 0) is 0 Å². The van der Waals surface area contributed by atoms with Crippen LogP contribution < -0.4 is 0 Å². The van der Waals surface area contributed by atoms with E-state index in [1.807, 2.05) is 48.8 Å². The number of pyridine rings is 2. The summed E-state index contributed by atoms with van der Waals surface area (Å²) < 4.78 is 8.62. The molecule has 140 valence electrons. The number of rotatable bonds is 1. The lowest BCUT2D eigenvalue weighted by Crippen LogP contribution is -1.96. The maximum Gasteiger partial charge on any atom is 0.163 e. The highest BCUT2D eigenvalue weighted by atomic mass is 16.3. The van der Waals surface area contributed by atoms with Crippen LogP contribution in [0.2, 0.25) is 0 Å². The Morgan fingerprint density at radius 1 is 0.633 bits per heavy atom. The van der Waals surface area contributed by atoms with E-state index in [0.717, 1.165) is 49.7 Å². The first kappa shape index (κ1) is 15.7. The van der Waals surface area contributed by atoms with E-state index in [1.165, 1.54) is 10.8 Å². The van der Waals surface area contributed by atoms with E-state index in [2.05, 4.69) is 52.0 Å². The Balaban J connectivity index is 1.91. The summed E-state index contributed by atoms with van der Waals surface area (Å²) in [5.41, 5.74) is 4.80. The van der Waals surface area contributed by atoms with Crippen LogP contribution >= 0.6 is 0 Å². The van der Waals surface area contributed by atoms with Gasteiger partial charge in [-0.3, -0.25) is 9.55 Å². The van der Waals surface area contributed by atoms with Crippen molar-refractivity contribution in [1.29, 1.82) is 0 Å². The molecule has 0 saturated carbocycles. The molecule has 4 aromatic heterocycles. The van der Waals surface area contributed by atoms with Crippen molar-refractivity contribution in [3.8, 4) is 5.82 Å². The average Bonchev–Trinajstić information content (AvgIpc) is 3.36. The standard InChI is InChI=1S/C26H15N3O/c1-3-11-19-16(8-1)22-18-10-7-15-28-24(18)26-23(17-9-2-4-12-20(17)30-26)25(22)29(19)21-13-5-6-14-27-21/h1-15H. The van der Waals surface area contributed by atoms with Crippen molar-refractivity contribution in [3.05, 3.63) is 91.3 Å². The molecule has 0 amide bonds. The average molecular weight is 385 g/mol. The fourth-order valence-electron chi connectivity index (χ4n) is 4.71. The molecular formula is C26H15N3O. The van der Waals surface area contributed by atoms with Gasteiger partial charge in [-0.25, -0.2) is 4.98 Å². The summed E-state index contributed by atoms with van der Waals surface area (Å²) in [6, 6.07) is 26.8. The topological polar surface area (TPSA) is 43.9 Å². The van der Waals surface area contributed by atoms with Gasteiger partial charge in [-0.15, -0.1) is 0 Å². The van der Waals surface area contributed by atoms with Gasteiger partial charge in [0.1, 0.15) is 16.9 Å². The van der Waals surface area contributed by atoms with E-state index in [1.54, 1.807) is 0 Å². The second kappa shape index (κ2) is 5.67. The first-order chi connectivity index (χ1) is 14.9. The second-order valence-electron chi connectivity index (χ2n) is 7.47. The van der Waals surface area contributed by atoms with Crippen LogP contribution in [0, 0.1) is 0 Å². The van der Waals surface area contributed by atoms with Gasteiger partial charge in [0.2, 0.25) is 0 Å². The lowest BCUT2D eigenvalue weighted by atomic mass is 10.0. The van der Waals surface area contributed by atoms with Crippen molar-refractivity contribution < 1.29 is 4.42 Å². The number of fused-ring (bicyclic) bond motifs is 10. The van der Waals surface area contributed by atoms with E-state index >= 15 is 0 Å². The molecule has 4 heteroatoms. The maximum absolute atomic E-state index is 6.36. The quantitative estimate of drug-likeness (QED) is 0.319. The van der Waals surface area contributed by atoms with Gasteiger partial charge in [-0.05, 0) is 30.3 Å². The van der Waals surface area contributed by atoms with Crippen LogP contribution in [0.1, 0.15) is 0 Å². The van der Waals surface area contributed by atoms with Crippen molar-refractivity contribution in [3.63, 3.8) is 0 Å². The van der Waals surface area contributed by atoms with E-state index in [0.29, 0.717) is 0 Å². The van der Waals surface area contributed by atoms with Crippen molar-refractivity contribution in [2.75, 3.05) is 0 Å². The number of aromatic nitrogens is 3. The highest BCUT2D eigenvalue weighted by Crippen LogP contribution is 2.44. The largest absolute Gasteiger partial charge is 0.454 e. The van der Waals surface area contributed by atoms with Crippen molar-refractivity contribution in [1.82, 2.24) is 14.5 Å². The monoisotopic (exact) mass is 385 g/mol. The number of hydrogen-bond acceptors (Lipinski definition) is 3. The summed E-state index contributed by atoms with van der Waals surface area (Å²) >= 11 is 0. The summed E-state index contributed by atoms with van der Waals surface area (Å²) in [4.78, 5) is 9.41. The highest BCUT2D eigenvalue weighted by Gasteiger charge is 2.23. The molecule has 0 aliphatic carbocycles. The lowest BCUT2D eigenvalue weighted by Gasteiger charge is -2.08. The molecule has 7 aromatic rings. The van der Waals surface area contributed by atoms with Gasteiger partial charge in [0.05, 0.1) is 16.4 Å². The van der Waals surface area contributed by atoms with Crippen LogP contribution in [0.25, 0.3) is 60.5 Å². The molecule has 4 heterocycles. The lowest BCUT2D eigenvalue weighted by molar-refractivity contribution is 0.672. The number of hydrogen-bond donors (Lipinski definition) is 0. The third-order valence-electron chi connectivity index (χ3n) is 5.88. The molecule has 3 aromatic carbocycles. The van der Waals surface area contributed by atoms with Crippen LogP contribution in [0.3, 0.4) is 0 Å². The van der Waals surface area contributed by atoms with Gasteiger partial charge >= 0.3 is 0 Å². The van der Waals surface area contributed by atoms with E-state index < -0.39 is 0 Å². The molecule has 0 aliphatic rings. The van der Waals surface area contributed by atoms with Gasteiger partial charge < -0.3 is 4.42 Å². The predicted molar refractivity (Wildman–Crippen MR) is 121 cm³/mol. The van der Waals surface area contributed by atoms with Crippen molar-refractivity contribution in [2.24, 2.45) is 0 Å². The zero-order valence-corrected chi connectivity index (χ0v) is 15.9. The van der Waals surface area contributed by atoms with E-state index in [4.69, 9.17) is 9.40 Å². The van der Waals surface area contributed by atoms with Crippen LogP contribution in [0.15, 0.2) is 95.7 Å². The third-order valence-corrected chi connectivity index (χ3v) is 5.88. The molecule has 0 saturated heterocycles. The third kappa shape index (κ3) is 1.90. The summed E-state index contributed by atoms with van der Waals surface area (Å²) in [5.74, 6) is 0.888. The van der Waals surface area contributed by atoms with Crippen LogP contribution in [0.4, 0.5) is 0 Å². The van der Waals surface area contributed by atoms with Crippen molar-refractivity contribution >= 4 is 54.6 Å². The Morgan fingerprint density at radius 2 is 1.40 bits per heavy atom. The molecule has 0 aliphatic heterocycles. The number of nitrogens with zero attached hydrogens (tertiary/aromatic N) is 3. The molecule has 0 radical (unpaired) electrons. The van der Waals surface area contributed by atoms with Crippen LogP contribution in [0.5, 0.6) is 0 Å². The minimum Gasteiger partial charge on any atom is -0.454 e. The molecule has 4 nitrogen and oxygen atoms in total. The molecule has 0 atom stereocenters. The zero-order chi connectivity index (χ0) is 19.7. The summed E-state index contributed by atoms with van der Waals surface area (Å²) in [6.45, 7) is 0. The molecule has 0 N–H and O–H groups in total. The van der Waals surface area contributed by atoms with Crippen molar-refractivity contribution in [2.45, 2.75) is 0 Å². The first-order valence-corrected chi connectivity index (χ1v) is 9.94. The van der Waals surface area contributed by atoms with E-state index in [9.17, 15) is 0 Å². The molecule has 0 fully saturated rings. The normalized spacial score (nSPS) is 12.0. The van der Waals surface area contributed by atoms with Gasteiger partial charge in [0.15, 0.2) is 5.58 Å². The molecule has 0 unspecified atom stereocenters. The SMILES string of the molecule is c1ccc(-n2c3ccccc3c3c4cccnc4c4oc5ccccc5c4c32)nc1. The second-order valence-corrected chi connectivity index (χ2v) is 7.47. The Labute approximate surface area is 171 Å². The Kier molecular flexibility index (Phi) is 2.97. The molecule has 7 rings (SSSR count). The fraction of sp³-hybridized carbons (Fsp3) is 0. The van der Waals surface area contributed by atoms with Gasteiger partial charge in [0, 0.05) is 33.9 Å². The van der Waals surface area contributed by atoms with Gasteiger partial charge in [-0.2, -0.15) is 0 Å². The number of para-hydroxylation sites is 2. The smallest absolute Gasteiger partial charge is 0.163 e. The van der Waals surface area contributed by atoms with Gasteiger partial charge in [0.25, 0.3) is 0 Å². The molecule has 0 bridgehead atoms. The highest BCUT2D eigenvalue weighted by molar-refractivity contribution is 6.34. The Bertz CT molecular complexity index is 1740.